The molecule has 0 radical (unpaired) electrons. The van der Waals surface area contributed by atoms with Gasteiger partial charge in [0.1, 0.15) is 0 Å². The Bertz CT molecular complexity index is 838. The monoisotopic (exact) mass is 347 g/mol. The summed E-state index contributed by atoms with van der Waals surface area (Å²) in [6.45, 7) is 3.06. The molecule has 0 unspecified atom stereocenters. The zero-order valence-electron chi connectivity index (χ0n) is 13.6. The molecule has 1 fully saturated rings. The van der Waals surface area contributed by atoms with E-state index in [4.69, 9.17) is 0 Å². The maximum atomic E-state index is 13.0. The molecule has 1 aliphatic heterocycles. The Balaban J connectivity index is 1.78. The number of rotatable bonds is 4. The number of hydrogen-bond acceptors (Lipinski definition) is 4. The topological polar surface area (TPSA) is 79.4 Å². The summed E-state index contributed by atoms with van der Waals surface area (Å²) in [6, 6.07) is 8.72. The quantitative estimate of drug-likeness (QED) is 0.914. The van der Waals surface area contributed by atoms with E-state index >= 15 is 0 Å². The third-order valence-corrected chi connectivity index (χ3v) is 6.39. The Kier molecular flexibility index (Phi) is 4.82. The van der Waals surface area contributed by atoms with Crippen molar-refractivity contribution in [1.82, 2.24) is 14.6 Å². The van der Waals surface area contributed by atoms with Crippen LogP contribution in [0, 0.1) is 5.92 Å². The van der Waals surface area contributed by atoms with Crippen LogP contribution in [-0.2, 0) is 14.8 Å². The molecule has 0 atom stereocenters. The first kappa shape index (κ1) is 16.9. The molecule has 7 heteroatoms. The highest BCUT2D eigenvalue weighted by Gasteiger charge is 2.30. The number of fused-ring (bicyclic) bond motifs is 1. The number of hydrogen-bond donors (Lipinski definition) is 1. The van der Waals surface area contributed by atoms with Gasteiger partial charge in [-0.1, -0.05) is 6.07 Å². The number of piperidine rings is 1. The van der Waals surface area contributed by atoms with Gasteiger partial charge in [-0.2, -0.15) is 4.31 Å². The second-order valence-electron chi connectivity index (χ2n) is 6.11. The maximum absolute atomic E-state index is 13.0. The summed E-state index contributed by atoms with van der Waals surface area (Å²) in [4.78, 5) is 15.5. The van der Waals surface area contributed by atoms with Crippen LogP contribution in [0.2, 0.25) is 0 Å². The lowest BCUT2D eigenvalue weighted by molar-refractivity contribution is -0.119. The molecule has 3 rings (SSSR count). The summed E-state index contributed by atoms with van der Waals surface area (Å²) >= 11 is 0. The molecule has 1 aromatic carbocycles. The minimum absolute atomic E-state index is 0.0479. The molecule has 128 valence electrons. The Morgan fingerprint density at radius 3 is 2.71 bits per heavy atom. The zero-order valence-corrected chi connectivity index (χ0v) is 14.4. The molecular weight excluding hydrogens is 326 g/mol. The van der Waals surface area contributed by atoms with Crippen molar-refractivity contribution in [1.29, 1.82) is 0 Å². The predicted molar refractivity (Wildman–Crippen MR) is 91.9 cm³/mol. The van der Waals surface area contributed by atoms with Crippen molar-refractivity contribution in [2.24, 2.45) is 5.92 Å². The standard InChI is InChI=1S/C17H21N3O3S/c1-13(21)19-12-14-7-10-20(11-8-14)24(22,23)17-6-2-5-16-15(17)4-3-9-18-16/h2-6,9,14H,7-8,10-12H2,1H3,(H,19,21). The molecule has 2 heterocycles. The van der Waals surface area contributed by atoms with Gasteiger partial charge in [0.25, 0.3) is 0 Å². The third-order valence-electron chi connectivity index (χ3n) is 4.44. The molecule has 1 amide bonds. The van der Waals surface area contributed by atoms with Gasteiger partial charge in [-0.05, 0) is 43.0 Å². The van der Waals surface area contributed by atoms with Crippen LogP contribution in [0.5, 0.6) is 0 Å². The van der Waals surface area contributed by atoms with Gasteiger partial charge in [0.15, 0.2) is 0 Å². The minimum atomic E-state index is -3.54. The van der Waals surface area contributed by atoms with Crippen LogP contribution in [0.1, 0.15) is 19.8 Å². The van der Waals surface area contributed by atoms with Gasteiger partial charge in [0, 0.05) is 38.1 Å². The Morgan fingerprint density at radius 1 is 1.25 bits per heavy atom. The number of pyridine rings is 1. The molecule has 2 aromatic rings. The number of benzene rings is 1. The van der Waals surface area contributed by atoms with E-state index in [0.717, 1.165) is 12.8 Å². The van der Waals surface area contributed by atoms with Crippen LogP contribution in [-0.4, -0.2) is 43.2 Å². The first-order chi connectivity index (χ1) is 11.5. The van der Waals surface area contributed by atoms with Crippen molar-refractivity contribution in [3.63, 3.8) is 0 Å². The van der Waals surface area contributed by atoms with Crippen LogP contribution in [0.25, 0.3) is 10.9 Å². The van der Waals surface area contributed by atoms with Gasteiger partial charge < -0.3 is 5.32 Å². The summed E-state index contributed by atoms with van der Waals surface area (Å²) in [6.07, 6.45) is 3.16. The van der Waals surface area contributed by atoms with Gasteiger partial charge in [0.05, 0.1) is 10.4 Å². The van der Waals surface area contributed by atoms with E-state index in [9.17, 15) is 13.2 Å². The van der Waals surface area contributed by atoms with E-state index in [2.05, 4.69) is 10.3 Å². The Hall–Kier alpha value is -1.99. The van der Waals surface area contributed by atoms with Gasteiger partial charge in [0.2, 0.25) is 15.9 Å². The van der Waals surface area contributed by atoms with Crippen LogP contribution < -0.4 is 5.32 Å². The van der Waals surface area contributed by atoms with Gasteiger partial charge in [-0.15, -0.1) is 0 Å². The fourth-order valence-corrected chi connectivity index (χ4v) is 4.75. The van der Waals surface area contributed by atoms with Crippen LogP contribution in [0.4, 0.5) is 0 Å². The minimum Gasteiger partial charge on any atom is -0.356 e. The summed E-state index contributed by atoms with van der Waals surface area (Å²) in [5, 5.41) is 3.46. The van der Waals surface area contributed by atoms with Gasteiger partial charge in [-0.3, -0.25) is 9.78 Å². The second-order valence-corrected chi connectivity index (χ2v) is 8.02. The van der Waals surface area contributed by atoms with Crippen molar-refractivity contribution >= 4 is 26.8 Å². The van der Waals surface area contributed by atoms with Crippen molar-refractivity contribution in [2.45, 2.75) is 24.7 Å². The fraction of sp³-hybridized carbons (Fsp3) is 0.412. The molecule has 6 nitrogen and oxygen atoms in total. The van der Waals surface area contributed by atoms with E-state index in [1.807, 2.05) is 6.07 Å². The SMILES string of the molecule is CC(=O)NCC1CCN(S(=O)(=O)c2cccc3ncccc23)CC1. The number of nitrogens with one attached hydrogen (secondary N) is 1. The first-order valence-electron chi connectivity index (χ1n) is 8.07. The second kappa shape index (κ2) is 6.86. The molecule has 1 aromatic heterocycles. The summed E-state index contributed by atoms with van der Waals surface area (Å²) in [5.74, 6) is 0.280. The maximum Gasteiger partial charge on any atom is 0.243 e. The van der Waals surface area contributed by atoms with Crippen molar-refractivity contribution in [3.8, 4) is 0 Å². The molecule has 1 aliphatic rings. The molecule has 0 saturated carbocycles. The van der Waals surface area contributed by atoms with E-state index < -0.39 is 10.0 Å². The van der Waals surface area contributed by atoms with E-state index in [-0.39, 0.29) is 5.91 Å². The third kappa shape index (κ3) is 3.42. The lowest BCUT2D eigenvalue weighted by atomic mass is 9.98. The van der Waals surface area contributed by atoms with Gasteiger partial charge >= 0.3 is 0 Å². The molecule has 24 heavy (non-hydrogen) atoms. The van der Waals surface area contributed by atoms with Crippen LogP contribution in [0.3, 0.4) is 0 Å². The molecule has 0 spiro atoms. The largest absolute Gasteiger partial charge is 0.356 e. The average molecular weight is 347 g/mol. The highest BCUT2D eigenvalue weighted by atomic mass is 32.2. The zero-order chi connectivity index (χ0) is 17.2. The van der Waals surface area contributed by atoms with Crippen molar-refractivity contribution in [3.05, 3.63) is 36.5 Å². The number of carbonyl (C=O) groups is 1. The number of amides is 1. The highest BCUT2D eigenvalue weighted by Crippen LogP contribution is 2.27. The number of aromatic nitrogens is 1. The van der Waals surface area contributed by atoms with E-state index in [1.54, 1.807) is 34.8 Å². The van der Waals surface area contributed by atoms with E-state index in [1.165, 1.54) is 6.92 Å². The molecule has 1 saturated heterocycles. The molecule has 0 aliphatic carbocycles. The average Bonchev–Trinajstić information content (AvgIpc) is 2.59. The highest BCUT2D eigenvalue weighted by molar-refractivity contribution is 7.89. The smallest absolute Gasteiger partial charge is 0.243 e. The van der Waals surface area contributed by atoms with Crippen LogP contribution >= 0.6 is 0 Å². The Morgan fingerprint density at radius 2 is 2.00 bits per heavy atom. The lowest BCUT2D eigenvalue weighted by Gasteiger charge is -2.31. The van der Waals surface area contributed by atoms with Gasteiger partial charge in [-0.25, -0.2) is 8.42 Å². The van der Waals surface area contributed by atoms with E-state index in [0.29, 0.717) is 41.4 Å². The van der Waals surface area contributed by atoms with Crippen molar-refractivity contribution < 1.29 is 13.2 Å². The molecular formula is C17H21N3O3S. The number of sulfonamides is 1. The van der Waals surface area contributed by atoms with Crippen molar-refractivity contribution in [2.75, 3.05) is 19.6 Å². The fourth-order valence-electron chi connectivity index (χ4n) is 3.08. The normalized spacial score (nSPS) is 17.0. The molecule has 0 bridgehead atoms. The van der Waals surface area contributed by atoms with Crippen LogP contribution in [0.15, 0.2) is 41.4 Å². The summed E-state index contributed by atoms with van der Waals surface area (Å²) < 4.78 is 27.5. The lowest BCUT2D eigenvalue weighted by Crippen LogP contribution is -2.41. The predicted octanol–water partition coefficient (Wildman–Crippen LogP) is 1.77. The summed E-state index contributed by atoms with van der Waals surface area (Å²) in [7, 11) is -3.54. The summed E-state index contributed by atoms with van der Waals surface area (Å²) in [5.41, 5.74) is 0.680. The first-order valence-corrected chi connectivity index (χ1v) is 9.51. The number of carbonyl (C=O) groups excluding carboxylic acids is 1. The number of nitrogens with zero attached hydrogens (tertiary/aromatic N) is 2. The molecule has 1 N–H and O–H groups in total. The Labute approximate surface area is 141 Å².